The van der Waals surface area contributed by atoms with Crippen LogP contribution in [-0.2, 0) is 9.59 Å². The summed E-state index contributed by atoms with van der Waals surface area (Å²) in [5, 5.41) is 15.1. The van der Waals surface area contributed by atoms with E-state index in [4.69, 9.17) is 11.6 Å². The van der Waals surface area contributed by atoms with E-state index in [0.717, 1.165) is 6.07 Å². The number of benzene rings is 1. The third kappa shape index (κ3) is 3.42. The Bertz CT molecular complexity index is 504. The van der Waals surface area contributed by atoms with Crippen molar-refractivity contribution in [1.29, 1.82) is 0 Å². The summed E-state index contributed by atoms with van der Waals surface area (Å²) < 4.78 is 0. The molecule has 2 N–H and O–H groups in total. The molecule has 0 atom stereocenters. The van der Waals surface area contributed by atoms with E-state index in [0.29, 0.717) is 6.54 Å². The number of nitro groups is 1. The van der Waals surface area contributed by atoms with E-state index in [1.165, 1.54) is 12.1 Å². The number of nitro benzene ring substituents is 1. The second-order valence-electron chi connectivity index (χ2n) is 3.24. The third-order valence-electron chi connectivity index (χ3n) is 1.94. The number of carbonyl (C=O) groups is 2. The lowest BCUT2D eigenvalue weighted by atomic mass is 10.2. The molecule has 2 amide bonds. The number of nitrogens with one attached hydrogen (secondary N) is 2. The van der Waals surface area contributed by atoms with Gasteiger partial charge < -0.3 is 10.6 Å². The van der Waals surface area contributed by atoms with Gasteiger partial charge in [-0.05, 0) is 19.1 Å². The number of anilines is 1. The topological polar surface area (TPSA) is 101 Å². The minimum atomic E-state index is -0.895. The molecule has 1 aromatic carbocycles. The first kappa shape index (κ1) is 13.9. The van der Waals surface area contributed by atoms with Gasteiger partial charge in [-0.25, -0.2) is 0 Å². The fourth-order valence-corrected chi connectivity index (χ4v) is 1.35. The van der Waals surface area contributed by atoms with Crippen LogP contribution in [0.3, 0.4) is 0 Å². The normalized spacial score (nSPS) is 9.67. The molecule has 96 valence electrons. The van der Waals surface area contributed by atoms with Crippen LogP contribution in [0.15, 0.2) is 18.2 Å². The minimum Gasteiger partial charge on any atom is -0.348 e. The van der Waals surface area contributed by atoms with Gasteiger partial charge in [-0.3, -0.25) is 19.7 Å². The molecule has 0 heterocycles. The monoisotopic (exact) mass is 271 g/mol. The Balaban J connectivity index is 2.86. The van der Waals surface area contributed by atoms with Crippen LogP contribution in [-0.4, -0.2) is 23.3 Å². The molecule has 0 saturated heterocycles. The van der Waals surface area contributed by atoms with Gasteiger partial charge in [0, 0.05) is 18.3 Å². The Kier molecular flexibility index (Phi) is 4.61. The molecule has 0 fully saturated rings. The lowest BCUT2D eigenvalue weighted by Gasteiger charge is -2.05. The lowest BCUT2D eigenvalue weighted by Crippen LogP contribution is -2.35. The van der Waals surface area contributed by atoms with E-state index in [1.807, 2.05) is 0 Å². The van der Waals surface area contributed by atoms with Gasteiger partial charge in [0.15, 0.2) is 0 Å². The first-order valence-corrected chi connectivity index (χ1v) is 5.36. The smallest absolute Gasteiger partial charge is 0.313 e. The molecule has 0 aromatic heterocycles. The number of halogens is 1. The number of nitrogens with zero attached hydrogens (tertiary/aromatic N) is 1. The second-order valence-corrected chi connectivity index (χ2v) is 3.64. The number of likely N-dealkylation sites (N-methyl/N-ethyl adjacent to an activating group) is 1. The Morgan fingerprint density at radius 2 is 2.06 bits per heavy atom. The molecule has 0 radical (unpaired) electrons. The lowest BCUT2D eigenvalue weighted by molar-refractivity contribution is -0.384. The fourth-order valence-electron chi connectivity index (χ4n) is 1.16. The molecule has 1 rings (SSSR count). The van der Waals surface area contributed by atoms with Crippen molar-refractivity contribution >= 4 is 34.8 Å². The molecular weight excluding hydrogens is 262 g/mol. The standard InChI is InChI=1S/C10H10ClN3O4/c1-2-12-9(15)10(16)13-6-3-4-7(11)8(5-6)14(17)18/h3-5H,2H2,1H3,(H,12,15)(H,13,16). The summed E-state index contributed by atoms with van der Waals surface area (Å²) in [7, 11) is 0. The first-order chi connectivity index (χ1) is 8.45. The summed E-state index contributed by atoms with van der Waals surface area (Å²) in [5.74, 6) is -1.71. The van der Waals surface area contributed by atoms with Gasteiger partial charge in [0.2, 0.25) is 0 Å². The van der Waals surface area contributed by atoms with Crippen molar-refractivity contribution in [3.8, 4) is 0 Å². The van der Waals surface area contributed by atoms with Crippen LogP contribution in [0.1, 0.15) is 6.92 Å². The molecule has 0 bridgehead atoms. The van der Waals surface area contributed by atoms with E-state index in [-0.39, 0.29) is 16.4 Å². The molecule has 0 unspecified atom stereocenters. The first-order valence-electron chi connectivity index (χ1n) is 4.98. The molecule has 8 heteroatoms. The summed E-state index contributed by atoms with van der Waals surface area (Å²) in [5.41, 5.74) is -0.215. The van der Waals surface area contributed by atoms with Crippen LogP contribution >= 0.6 is 11.6 Å². The summed E-state index contributed by atoms with van der Waals surface area (Å²) in [4.78, 5) is 32.4. The van der Waals surface area contributed by atoms with Crippen molar-refractivity contribution in [2.75, 3.05) is 11.9 Å². The summed E-state index contributed by atoms with van der Waals surface area (Å²) in [6, 6.07) is 3.72. The zero-order valence-electron chi connectivity index (χ0n) is 9.40. The van der Waals surface area contributed by atoms with Crippen LogP contribution in [0.4, 0.5) is 11.4 Å². The highest BCUT2D eigenvalue weighted by atomic mass is 35.5. The van der Waals surface area contributed by atoms with E-state index >= 15 is 0 Å². The predicted molar refractivity (Wildman–Crippen MR) is 65.4 cm³/mol. The molecule has 7 nitrogen and oxygen atoms in total. The quantitative estimate of drug-likeness (QED) is 0.492. The average molecular weight is 272 g/mol. The third-order valence-corrected chi connectivity index (χ3v) is 2.26. The largest absolute Gasteiger partial charge is 0.348 e. The fraction of sp³-hybridized carbons (Fsp3) is 0.200. The van der Waals surface area contributed by atoms with Gasteiger partial charge in [-0.1, -0.05) is 11.6 Å². The van der Waals surface area contributed by atoms with Crippen LogP contribution < -0.4 is 10.6 Å². The highest BCUT2D eigenvalue weighted by Gasteiger charge is 2.16. The van der Waals surface area contributed by atoms with Crippen LogP contribution in [0.25, 0.3) is 0 Å². The maximum atomic E-state index is 11.3. The Labute approximate surface area is 107 Å². The van der Waals surface area contributed by atoms with E-state index in [2.05, 4.69) is 10.6 Å². The van der Waals surface area contributed by atoms with Crippen molar-refractivity contribution in [3.63, 3.8) is 0 Å². The maximum Gasteiger partial charge on any atom is 0.313 e. The molecule has 18 heavy (non-hydrogen) atoms. The average Bonchev–Trinajstić information content (AvgIpc) is 2.31. The molecular formula is C10H10ClN3O4. The van der Waals surface area contributed by atoms with Gasteiger partial charge in [-0.15, -0.1) is 0 Å². The highest BCUT2D eigenvalue weighted by molar-refractivity contribution is 6.39. The molecule has 0 aliphatic carbocycles. The number of hydrogen-bond acceptors (Lipinski definition) is 4. The highest BCUT2D eigenvalue weighted by Crippen LogP contribution is 2.27. The Morgan fingerprint density at radius 3 is 2.61 bits per heavy atom. The zero-order chi connectivity index (χ0) is 13.7. The molecule has 0 spiro atoms. The number of carbonyl (C=O) groups excluding carboxylic acids is 2. The van der Waals surface area contributed by atoms with Crippen molar-refractivity contribution in [2.24, 2.45) is 0 Å². The summed E-state index contributed by atoms with van der Waals surface area (Å²) in [6.07, 6.45) is 0. The predicted octanol–water partition coefficient (Wildman–Crippen LogP) is 1.32. The van der Waals surface area contributed by atoms with Crippen molar-refractivity contribution in [1.82, 2.24) is 5.32 Å². The van der Waals surface area contributed by atoms with Gasteiger partial charge in [0.25, 0.3) is 5.69 Å². The van der Waals surface area contributed by atoms with Gasteiger partial charge >= 0.3 is 11.8 Å². The van der Waals surface area contributed by atoms with Crippen molar-refractivity contribution in [2.45, 2.75) is 6.92 Å². The van der Waals surface area contributed by atoms with Crippen LogP contribution in [0.5, 0.6) is 0 Å². The zero-order valence-corrected chi connectivity index (χ0v) is 10.2. The Hall–Kier alpha value is -2.15. The van der Waals surface area contributed by atoms with Crippen molar-refractivity contribution < 1.29 is 14.5 Å². The number of hydrogen-bond donors (Lipinski definition) is 2. The minimum absolute atomic E-state index is 0.0454. The van der Waals surface area contributed by atoms with Gasteiger partial charge in [0.05, 0.1) is 4.92 Å². The van der Waals surface area contributed by atoms with E-state index in [9.17, 15) is 19.7 Å². The van der Waals surface area contributed by atoms with Crippen molar-refractivity contribution in [3.05, 3.63) is 33.3 Å². The number of amides is 2. The molecule has 1 aromatic rings. The van der Waals surface area contributed by atoms with Gasteiger partial charge in [-0.2, -0.15) is 0 Å². The van der Waals surface area contributed by atoms with Crippen LogP contribution in [0.2, 0.25) is 5.02 Å². The second kappa shape index (κ2) is 5.97. The Morgan fingerprint density at radius 1 is 1.39 bits per heavy atom. The summed E-state index contributed by atoms with van der Waals surface area (Å²) >= 11 is 5.61. The van der Waals surface area contributed by atoms with E-state index in [1.54, 1.807) is 6.92 Å². The summed E-state index contributed by atoms with van der Waals surface area (Å²) in [6.45, 7) is 1.98. The van der Waals surface area contributed by atoms with E-state index < -0.39 is 16.7 Å². The molecule has 0 saturated carbocycles. The SMILES string of the molecule is CCNC(=O)C(=O)Nc1ccc(Cl)c([N+](=O)[O-])c1. The van der Waals surface area contributed by atoms with Gasteiger partial charge in [0.1, 0.15) is 5.02 Å². The number of rotatable bonds is 3. The molecule has 0 aliphatic heterocycles. The van der Waals surface area contributed by atoms with Crippen LogP contribution in [0, 0.1) is 10.1 Å². The maximum absolute atomic E-state index is 11.3. The molecule has 0 aliphatic rings.